The van der Waals surface area contributed by atoms with Crippen LogP contribution in [-0.4, -0.2) is 76.1 Å². The van der Waals surface area contributed by atoms with Crippen molar-refractivity contribution in [1.82, 2.24) is 19.5 Å². The molecule has 3 fully saturated rings. The van der Waals surface area contributed by atoms with Gasteiger partial charge in [-0.1, -0.05) is 0 Å². The maximum atomic E-state index is 10.6. The molecule has 7 heteroatoms. The first-order chi connectivity index (χ1) is 13.2. The van der Waals surface area contributed by atoms with Gasteiger partial charge in [0.2, 0.25) is 0 Å². The topological polar surface area (TPSA) is 66.1 Å². The third kappa shape index (κ3) is 3.44. The highest BCUT2D eigenvalue weighted by Gasteiger charge is 2.43. The first-order valence-electron chi connectivity index (χ1n) is 10.3. The summed E-state index contributed by atoms with van der Waals surface area (Å²) in [5.74, 6) is 1.02. The van der Waals surface area contributed by atoms with E-state index in [0.717, 1.165) is 83.0 Å². The summed E-state index contributed by atoms with van der Waals surface area (Å²) in [6, 6.07) is 4.68. The molecule has 2 aromatic heterocycles. The van der Waals surface area contributed by atoms with Crippen LogP contribution in [0.3, 0.4) is 0 Å². The molecule has 3 aliphatic heterocycles. The second-order valence-corrected chi connectivity index (χ2v) is 8.54. The molecule has 2 aromatic rings. The van der Waals surface area contributed by atoms with Crippen molar-refractivity contribution in [2.75, 3.05) is 44.3 Å². The third-order valence-electron chi connectivity index (χ3n) is 6.75. The zero-order chi connectivity index (χ0) is 18.3. The van der Waals surface area contributed by atoms with Gasteiger partial charge in [0.05, 0.1) is 6.10 Å². The van der Waals surface area contributed by atoms with E-state index in [1.807, 2.05) is 16.8 Å². The van der Waals surface area contributed by atoms with E-state index in [0.29, 0.717) is 6.04 Å². The van der Waals surface area contributed by atoms with Gasteiger partial charge in [-0.15, -0.1) is 5.10 Å². The van der Waals surface area contributed by atoms with Crippen LogP contribution in [0.1, 0.15) is 32.1 Å². The van der Waals surface area contributed by atoms with Gasteiger partial charge in [0.15, 0.2) is 5.65 Å². The molecule has 1 unspecified atom stereocenters. The van der Waals surface area contributed by atoms with Crippen LogP contribution in [0.25, 0.3) is 5.65 Å². The summed E-state index contributed by atoms with van der Waals surface area (Å²) in [5.41, 5.74) is 1.13. The summed E-state index contributed by atoms with van der Waals surface area (Å²) in [7, 11) is 0. The molecule has 5 rings (SSSR count). The minimum atomic E-state index is -0.200. The van der Waals surface area contributed by atoms with E-state index >= 15 is 0 Å². The van der Waals surface area contributed by atoms with Crippen LogP contribution < -0.4 is 4.90 Å². The number of rotatable bonds is 2. The summed E-state index contributed by atoms with van der Waals surface area (Å²) in [4.78, 5) is 9.21. The van der Waals surface area contributed by atoms with Crippen molar-refractivity contribution < 1.29 is 9.84 Å². The van der Waals surface area contributed by atoms with Crippen molar-refractivity contribution in [1.29, 1.82) is 0 Å². The summed E-state index contributed by atoms with van der Waals surface area (Å²) < 4.78 is 7.38. The highest BCUT2D eigenvalue weighted by Crippen LogP contribution is 2.41. The standard InChI is InChI=1S/C20H29N5O2/c26-17-13-20(15-24(14-17)16-3-11-27-12-4-16)5-8-23(9-6-20)19-2-1-18-21-7-10-25(18)22-19/h1-2,7,10,16-17,26H,3-6,8-9,11-15H2. The molecule has 3 saturated heterocycles. The Morgan fingerprint density at radius 3 is 2.78 bits per heavy atom. The monoisotopic (exact) mass is 371 g/mol. The van der Waals surface area contributed by atoms with Gasteiger partial charge < -0.3 is 14.7 Å². The molecule has 3 aliphatic rings. The molecule has 27 heavy (non-hydrogen) atoms. The van der Waals surface area contributed by atoms with Crippen molar-refractivity contribution >= 4 is 11.5 Å². The zero-order valence-electron chi connectivity index (χ0n) is 15.8. The Hall–Kier alpha value is -1.70. The van der Waals surface area contributed by atoms with Gasteiger partial charge in [-0.2, -0.15) is 0 Å². The largest absolute Gasteiger partial charge is 0.392 e. The second-order valence-electron chi connectivity index (χ2n) is 8.54. The summed E-state index contributed by atoms with van der Waals surface area (Å²) in [6.07, 6.45) is 8.86. The van der Waals surface area contributed by atoms with Crippen LogP contribution in [0.2, 0.25) is 0 Å². The molecular formula is C20H29N5O2. The van der Waals surface area contributed by atoms with Crippen LogP contribution >= 0.6 is 0 Å². The van der Waals surface area contributed by atoms with Crippen LogP contribution in [0.5, 0.6) is 0 Å². The Labute approximate surface area is 159 Å². The molecule has 0 aliphatic carbocycles. The molecule has 1 atom stereocenters. The number of fused-ring (bicyclic) bond motifs is 1. The molecule has 0 bridgehead atoms. The number of β-amino-alcohol motifs (C(OH)–C–C–N with tert-alkyl or cyclic N) is 1. The lowest BCUT2D eigenvalue weighted by Gasteiger charge is -2.51. The lowest BCUT2D eigenvalue weighted by atomic mass is 9.71. The Bertz CT molecular complexity index is 780. The Kier molecular flexibility index (Phi) is 4.53. The van der Waals surface area contributed by atoms with Crippen LogP contribution in [-0.2, 0) is 4.74 Å². The minimum Gasteiger partial charge on any atom is -0.392 e. The van der Waals surface area contributed by atoms with Crippen LogP contribution in [0, 0.1) is 5.41 Å². The number of imidazole rings is 1. The molecule has 0 saturated carbocycles. The maximum absolute atomic E-state index is 10.6. The van der Waals surface area contributed by atoms with Crippen LogP contribution in [0.15, 0.2) is 24.5 Å². The van der Waals surface area contributed by atoms with Gasteiger partial charge >= 0.3 is 0 Å². The molecule has 1 spiro atoms. The van der Waals surface area contributed by atoms with E-state index in [4.69, 9.17) is 9.84 Å². The van der Waals surface area contributed by atoms with E-state index in [9.17, 15) is 5.11 Å². The Balaban J connectivity index is 1.27. The molecule has 0 aromatic carbocycles. The maximum Gasteiger partial charge on any atom is 0.153 e. The molecule has 5 heterocycles. The zero-order valence-corrected chi connectivity index (χ0v) is 15.8. The summed E-state index contributed by atoms with van der Waals surface area (Å²) in [6.45, 7) is 5.68. The predicted molar refractivity (Wildman–Crippen MR) is 103 cm³/mol. The number of aliphatic hydroxyl groups is 1. The van der Waals surface area contributed by atoms with Gasteiger partial charge in [-0.05, 0) is 49.7 Å². The minimum absolute atomic E-state index is 0.200. The van der Waals surface area contributed by atoms with E-state index in [1.54, 1.807) is 6.20 Å². The molecule has 0 amide bonds. The average Bonchev–Trinajstić information content (AvgIpc) is 3.16. The number of hydrogen-bond donors (Lipinski definition) is 1. The van der Waals surface area contributed by atoms with Gasteiger partial charge in [-0.3, -0.25) is 4.90 Å². The molecular weight excluding hydrogens is 342 g/mol. The highest BCUT2D eigenvalue weighted by atomic mass is 16.5. The van der Waals surface area contributed by atoms with Crippen molar-refractivity contribution in [2.24, 2.45) is 5.41 Å². The van der Waals surface area contributed by atoms with E-state index in [2.05, 4.69) is 20.9 Å². The molecule has 1 N–H and O–H groups in total. The normalized spacial score (nSPS) is 27.4. The number of aromatic nitrogens is 3. The number of nitrogens with zero attached hydrogens (tertiary/aromatic N) is 5. The van der Waals surface area contributed by atoms with Crippen molar-refractivity contribution in [3.05, 3.63) is 24.5 Å². The van der Waals surface area contributed by atoms with E-state index in [-0.39, 0.29) is 11.5 Å². The fourth-order valence-electron chi connectivity index (χ4n) is 5.27. The summed E-state index contributed by atoms with van der Waals surface area (Å²) >= 11 is 0. The number of hydrogen-bond acceptors (Lipinski definition) is 6. The fourth-order valence-corrected chi connectivity index (χ4v) is 5.27. The first kappa shape index (κ1) is 17.4. The highest BCUT2D eigenvalue weighted by molar-refractivity contribution is 5.46. The average molecular weight is 371 g/mol. The second kappa shape index (κ2) is 7.04. The van der Waals surface area contributed by atoms with Crippen LogP contribution in [0.4, 0.5) is 5.82 Å². The summed E-state index contributed by atoms with van der Waals surface area (Å²) in [5, 5.41) is 15.3. The number of ether oxygens (including phenoxy) is 1. The van der Waals surface area contributed by atoms with Crippen molar-refractivity contribution in [3.63, 3.8) is 0 Å². The lowest BCUT2D eigenvalue weighted by molar-refractivity contribution is -0.0602. The molecule has 146 valence electrons. The van der Waals surface area contributed by atoms with Gasteiger partial charge in [0.25, 0.3) is 0 Å². The number of aliphatic hydroxyl groups excluding tert-OH is 1. The van der Waals surface area contributed by atoms with Gasteiger partial charge in [0, 0.05) is 57.8 Å². The SMILES string of the molecule is OC1CN(C2CCOCC2)CC2(CCN(c3ccc4nccn4n3)CC2)C1. The molecule has 0 radical (unpaired) electrons. The van der Waals surface area contributed by atoms with E-state index in [1.165, 1.54) is 0 Å². The van der Waals surface area contributed by atoms with Crippen molar-refractivity contribution in [3.8, 4) is 0 Å². The predicted octanol–water partition coefficient (Wildman–Crippen LogP) is 1.56. The quantitative estimate of drug-likeness (QED) is 0.864. The number of piperidine rings is 2. The van der Waals surface area contributed by atoms with E-state index < -0.39 is 0 Å². The molecule has 7 nitrogen and oxygen atoms in total. The van der Waals surface area contributed by atoms with Gasteiger partial charge in [-0.25, -0.2) is 9.50 Å². The number of anilines is 1. The Morgan fingerprint density at radius 2 is 1.96 bits per heavy atom. The van der Waals surface area contributed by atoms with Gasteiger partial charge in [0.1, 0.15) is 5.82 Å². The number of likely N-dealkylation sites (tertiary alicyclic amines) is 1. The lowest BCUT2D eigenvalue weighted by Crippen LogP contribution is -2.57. The fraction of sp³-hybridized carbons (Fsp3) is 0.700. The smallest absolute Gasteiger partial charge is 0.153 e. The third-order valence-corrected chi connectivity index (χ3v) is 6.75. The van der Waals surface area contributed by atoms with Crippen molar-refractivity contribution in [2.45, 2.75) is 44.2 Å². The first-order valence-corrected chi connectivity index (χ1v) is 10.3. The Morgan fingerprint density at radius 1 is 1.15 bits per heavy atom.